The Hall–Kier alpha value is -1.30. The summed E-state index contributed by atoms with van der Waals surface area (Å²) < 4.78 is 25.5. The van der Waals surface area contributed by atoms with Crippen LogP contribution in [-0.4, -0.2) is 18.7 Å². The minimum Gasteiger partial charge on any atom is -0.396 e. The van der Waals surface area contributed by atoms with Gasteiger partial charge in [0.15, 0.2) is 0 Å². The van der Waals surface area contributed by atoms with Crippen molar-refractivity contribution in [2.24, 2.45) is 0 Å². The predicted molar refractivity (Wildman–Crippen MR) is 54.2 cm³/mol. The molecule has 2 rings (SSSR count). The minimum absolute atomic E-state index is 0.241. The first-order valence-electron chi connectivity index (χ1n) is 4.31. The summed E-state index contributed by atoms with van der Waals surface area (Å²) in [6, 6.07) is 1.55. The average Bonchev–Trinajstić information content (AvgIpc) is 2.91. The van der Waals surface area contributed by atoms with Gasteiger partial charge in [-0.25, -0.2) is 8.42 Å². The van der Waals surface area contributed by atoms with Crippen LogP contribution < -0.4 is 10.5 Å². The molecule has 76 valence electrons. The van der Waals surface area contributed by atoms with Gasteiger partial charge >= 0.3 is 0 Å². The zero-order valence-electron chi connectivity index (χ0n) is 7.47. The highest BCUT2D eigenvalue weighted by Gasteiger charge is 2.35. The van der Waals surface area contributed by atoms with Gasteiger partial charge in [0.05, 0.1) is 22.8 Å². The third kappa shape index (κ3) is 1.79. The average molecular weight is 213 g/mol. The second kappa shape index (κ2) is 3.13. The zero-order valence-corrected chi connectivity index (χ0v) is 8.29. The van der Waals surface area contributed by atoms with Crippen LogP contribution in [0.1, 0.15) is 12.8 Å². The van der Waals surface area contributed by atoms with Gasteiger partial charge in [-0.1, -0.05) is 0 Å². The van der Waals surface area contributed by atoms with Crippen molar-refractivity contribution >= 4 is 21.4 Å². The lowest BCUT2D eigenvalue weighted by Gasteiger charge is -2.08. The normalized spacial score (nSPS) is 16.6. The van der Waals surface area contributed by atoms with Crippen molar-refractivity contribution < 1.29 is 8.42 Å². The predicted octanol–water partition coefficient (Wildman–Crippen LogP) is 0.568. The molecule has 0 bridgehead atoms. The molecule has 0 unspecified atom stereocenters. The summed E-state index contributed by atoms with van der Waals surface area (Å²) in [5.74, 6) is 0. The van der Waals surface area contributed by atoms with E-state index >= 15 is 0 Å². The summed E-state index contributed by atoms with van der Waals surface area (Å²) in [4.78, 5) is 3.78. The molecule has 0 amide bonds. The largest absolute Gasteiger partial charge is 0.396 e. The van der Waals surface area contributed by atoms with Gasteiger partial charge in [0.1, 0.15) is 0 Å². The van der Waals surface area contributed by atoms with Crippen LogP contribution in [0.3, 0.4) is 0 Å². The molecular formula is C8H11N3O2S. The van der Waals surface area contributed by atoms with Crippen LogP contribution in [0, 0.1) is 0 Å². The third-order valence-electron chi connectivity index (χ3n) is 2.07. The summed E-state index contributed by atoms with van der Waals surface area (Å²) >= 11 is 0. The molecule has 1 aromatic rings. The number of aromatic nitrogens is 1. The number of hydrogen-bond acceptors (Lipinski definition) is 4. The monoisotopic (exact) mass is 213 g/mol. The van der Waals surface area contributed by atoms with Crippen molar-refractivity contribution in [2.45, 2.75) is 18.1 Å². The van der Waals surface area contributed by atoms with Crippen LogP contribution in [0.25, 0.3) is 0 Å². The second-order valence-corrected chi connectivity index (χ2v) is 5.27. The van der Waals surface area contributed by atoms with E-state index in [1.807, 2.05) is 0 Å². The Kier molecular flexibility index (Phi) is 2.07. The van der Waals surface area contributed by atoms with Crippen molar-refractivity contribution in [3.63, 3.8) is 0 Å². The lowest BCUT2D eigenvalue weighted by atomic mass is 10.4. The summed E-state index contributed by atoms with van der Waals surface area (Å²) in [7, 11) is -3.22. The first-order valence-corrected chi connectivity index (χ1v) is 5.85. The number of nitrogens with two attached hydrogens (primary N) is 1. The summed E-state index contributed by atoms with van der Waals surface area (Å²) in [5, 5.41) is -0.241. The molecular weight excluding hydrogens is 202 g/mol. The minimum atomic E-state index is -3.22. The lowest BCUT2D eigenvalue weighted by molar-refractivity contribution is 0.600. The zero-order chi connectivity index (χ0) is 10.2. The van der Waals surface area contributed by atoms with Gasteiger partial charge in [-0.3, -0.25) is 9.71 Å². The van der Waals surface area contributed by atoms with Gasteiger partial charge in [-0.05, 0) is 18.9 Å². The van der Waals surface area contributed by atoms with Crippen LogP contribution in [0.5, 0.6) is 0 Å². The Morgan fingerprint density at radius 2 is 2.21 bits per heavy atom. The highest BCUT2D eigenvalue weighted by molar-refractivity contribution is 7.93. The number of anilines is 2. The van der Waals surface area contributed by atoms with E-state index in [1.165, 1.54) is 12.4 Å². The molecule has 1 fully saturated rings. The molecule has 14 heavy (non-hydrogen) atoms. The second-order valence-electron chi connectivity index (χ2n) is 3.31. The van der Waals surface area contributed by atoms with Crippen molar-refractivity contribution in [2.75, 3.05) is 10.5 Å². The Morgan fingerprint density at radius 3 is 2.79 bits per heavy atom. The molecule has 5 nitrogen and oxygen atoms in total. The van der Waals surface area contributed by atoms with Crippen molar-refractivity contribution in [1.29, 1.82) is 0 Å². The summed E-state index contributed by atoms with van der Waals surface area (Å²) in [6.45, 7) is 0. The van der Waals surface area contributed by atoms with Crippen LogP contribution in [0.15, 0.2) is 18.5 Å². The van der Waals surface area contributed by atoms with Gasteiger partial charge < -0.3 is 5.73 Å². The van der Waals surface area contributed by atoms with E-state index in [4.69, 9.17) is 5.73 Å². The van der Waals surface area contributed by atoms with Gasteiger partial charge in [0.2, 0.25) is 10.0 Å². The molecule has 1 heterocycles. The van der Waals surface area contributed by atoms with Gasteiger partial charge in [-0.2, -0.15) is 0 Å². The standard InChI is InChI=1S/C8H11N3O2S/c9-7-5-10-4-3-8(7)11-14(12,13)6-1-2-6/h3-6H,1-2,9H2,(H,10,11). The Labute approximate surface area is 82.4 Å². The van der Waals surface area contributed by atoms with E-state index in [9.17, 15) is 8.42 Å². The molecule has 0 aliphatic heterocycles. The van der Waals surface area contributed by atoms with E-state index in [0.29, 0.717) is 11.4 Å². The highest BCUT2D eigenvalue weighted by atomic mass is 32.2. The smallest absolute Gasteiger partial charge is 0.235 e. The first kappa shape index (κ1) is 9.26. The lowest BCUT2D eigenvalue weighted by Crippen LogP contribution is -2.18. The molecule has 1 aliphatic rings. The van der Waals surface area contributed by atoms with Crippen molar-refractivity contribution in [3.05, 3.63) is 18.5 Å². The first-order chi connectivity index (χ1) is 6.59. The number of pyridine rings is 1. The highest BCUT2D eigenvalue weighted by Crippen LogP contribution is 2.30. The molecule has 1 saturated carbocycles. The number of hydrogen-bond donors (Lipinski definition) is 2. The number of nitrogens with one attached hydrogen (secondary N) is 1. The Balaban J connectivity index is 2.22. The molecule has 0 radical (unpaired) electrons. The van der Waals surface area contributed by atoms with Gasteiger partial charge in [-0.15, -0.1) is 0 Å². The van der Waals surface area contributed by atoms with E-state index in [2.05, 4.69) is 9.71 Å². The van der Waals surface area contributed by atoms with Crippen LogP contribution in [0.2, 0.25) is 0 Å². The SMILES string of the molecule is Nc1cnccc1NS(=O)(=O)C1CC1. The fourth-order valence-corrected chi connectivity index (χ4v) is 2.53. The summed E-state index contributed by atoms with van der Waals surface area (Å²) in [6.07, 6.45) is 4.40. The quantitative estimate of drug-likeness (QED) is 0.768. The van der Waals surface area contributed by atoms with Crippen LogP contribution in [0.4, 0.5) is 11.4 Å². The molecule has 0 spiro atoms. The van der Waals surface area contributed by atoms with Crippen LogP contribution >= 0.6 is 0 Å². The fraction of sp³-hybridized carbons (Fsp3) is 0.375. The Morgan fingerprint density at radius 1 is 1.50 bits per heavy atom. The summed E-state index contributed by atoms with van der Waals surface area (Å²) in [5.41, 5.74) is 6.31. The molecule has 1 aromatic heterocycles. The van der Waals surface area contributed by atoms with Crippen LogP contribution in [-0.2, 0) is 10.0 Å². The number of nitrogens with zero attached hydrogens (tertiary/aromatic N) is 1. The molecule has 0 saturated heterocycles. The molecule has 1 aliphatic carbocycles. The maximum atomic E-state index is 11.5. The maximum Gasteiger partial charge on any atom is 0.235 e. The fourth-order valence-electron chi connectivity index (χ4n) is 1.11. The van der Waals surface area contributed by atoms with Crippen molar-refractivity contribution in [3.8, 4) is 0 Å². The van der Waals surface area contributed by atoms with E-state index in [1.54, 1.807) is 6.07 Å². The maximum absolute atomic E-state index is 11.5. The van der Waals surface area contributed by atoms with E-state index in [-0.39, 0.29) is 5.25 Å². The number of nitrogen functional groups attached to an aromatic ring is 1. The van der Waals surface area contributed by atoms with Gasteiger partial charge in [0.25, 0.3) is 0 Å². The Bertz CT molecular complexity index is 440. The number of sulfonamides is 1. The molecule has 6 heteroatoms. The van der Waals surface area contributed by atoms with Gasteiger partial charge in [0, 0.05) is 6.20 Å². The molecule has 0 atom stereocenters. The topological polar surface area (TPSA) is 85.1 Å². The third-order valence-corrected chi connectivity index (χ3v) is 3.92. The van der Waals surface area contributed by atoms with Crippen molar-refractivity contribution in [1.82, 2.24) is 4.98 Å². The molecule has 0 aromatic carbocycles. The number of rotatable bonds is 3. The van der Waals surface area contributed by atoms with E-state index < -0.39 is 10.0 Å². The van der Waals surface area contributed by atoms with E-state index in [0.717, 1.165) is 12.8 Å². The molecule has 3 N–H and O–H groups in total.